The number of carbonyl (C=O) groups is 1. The third-order valence-electron chi connectivity index (χ3n) is 3.67. The molecule has 0 unspecified atom stereocenters. The van der Waals surface area contributed by atoms with E-state index in [0.29, 0.717) is 12.5 Å². The summed E-state index contributed by atoms with van der Waals surface area (Å²) < 4.78 is 1.68. The van der Waals surface area contributed by atoms with Gasteiger partial charge in [-0.25, -0.2) is 0 Å². The minimum atomic E-state index is 0.155. The van der Waals surface area contributed by atoms with E-state index < -0.39 is 0 Å². The molecule has 1 atom stereocenters. The van der Waals surface area contributed by atoms with E-state index in [4.69, 9.17) is 0 Å². The van der Waals surface area contributed by atoms with Gasteiger partial charge in [0.15, 0.2) is 0 Å². The lowest BCUT2D eigenvalue weighted by molar-refractivity contribution is -0.131. The van der Waals surface area contributed by atoms with Gasteiger partial charge in [0.1, 0.15) is 6.54 Å². The van der Waals surface area contributed by atoms with Gasteiger partial charge in [0.2, 0.25) is 5.91 Å². The summed E-state index contributed by atoms with van der Waals surface area (Å²) in [5.74, 6) is 0.630. The van der Waals surface area contributed by atoms with Crippen molar-refractivity contribution in [3.8, 4) is 0 Å². The van der Waals surface area contributed by atoms with Gasteiger partial charge in [-0.1, -0.05) is 30.3 Å². The van der Waals surface area contributed by atoms with Crippen LogP contribution in [0.3, 0.4) is 0 Å². The van der Waals surface area contributed by atoms with E-state index in [1.807, 2.05) is 23.2 Å². The second kappa shape index (κ2) is 5.26. The number of rotatable bonds is 3. The third-order valence-corrected chi connectivity index (χ3v) is 3.67. The van der Waals surface area contributed by atoms with Gasteiger partial charge >= 0.3 is 0 Å². The maximum Gasteiger partial charge on any atom is 0.244 e. The molecule has 19 heavy (non-hydrogen) atoms. The molecule has 1 fully saturated rings. The molecule has 0 N–H and O–H groups in total. The van der Waals surface area contributed by atoms with Crippen molar-refractivity contribution in [3.05, 3.63) is 54.4 Å². The fraction of sp³-hybridized carbons (Fsp3) is 0.333. The molecular formula is C15H17N3O. The molecule has 1 aliphatic heterocycles. The van der Waals surface area contributed by atoms with Crippen LogP contribution in [-0.4, -0.2) is 33.7 Å². The van der Waals surface area contributed by atoms with Crippen molar-refractivity contribution in [2.75, 3.05) is 13.1 Å². The van der Waals surface area contributed by atoms with Crippen LogP contribution in [0.25, 0.3) is 0 Å². The summed E-state index contributed by atoms with van der Waals surface area (Å²) >= 11 is 0. The molecule has 2 aromatic rings. The van der Waals surface area contributed by atoms with E-state index in [1.54, 1.807) is 10.9 Å². The number of benzene rings is 1. The number of nitrogens with zero attached hydrogens (tertiary/aromatic N) is 3. The van der Waals surface area contributed by atoms with Crippen molar-refractivity contribution < 1.29 is 4.79 Å². The number of amides is 1. The Hall–Kier alpha value is -2.10. The van der Waals surface area contributed by atoms with Gasteiger partial charge in [-0.05, 0) is 18.1 Å². The first-order chi connectivity index (χ1) is 9.33. The van der Waals surface area contributed by atoms with Crippen LogP contribution in [-0.2, 0) is 11.3 Å². The van der Waals surface area contributed by atoms with Crippen molar-refractivity contribution in [1.82, 2.24) is 14.7 Å². The van der Waals surface area contributed by atoms with Crippen LogP contribution in [0.1, 0.15) is 17.9 Å². The fourth-order valence-corrected chi connectivity index (χ4v) is 2.62. The minimum absolute atomic E-state index is 0.155. The average molecular weight is 255 g/mol. The first-order valence-electron chi connectivity index (χ1n) is 6.63. The SMILES string of the molecule is O=C(Cn1cccn1)N1CC[C@@H](c2ccccc2)C1. The van der Waals surface area contributed by atoms with Crippen LogP contribution >= 0.6 is 0 Å². The largest absolute Gasteiger partial charge is 0.340 e. The summed E-state index contributed by atoms with van der Waals surface area (Å²) in [5, 5.41) is 4.07. The standard InChI is InChI=1S/C15H17N3O/c19-15(12-18-9-4-8-16-18)17-10-7-14(11-17)13-5-2-1-3-6-13/h1-6,8-9,14H,7,10-12H2/t14-/m1/s1. The van der Waals surface area contributed by atoms with Crippen molar-refractivity contribution in [2.24, 2.45) is 0 Å². The van der Waals surface area contributed by atoms with E-state index in [-0.39, 0.29) is 5.91 Å². The predicted octanol–water partition coefficient (Wildman–Crippen LogP) is 1.90. The molecule has 2 heterocycles. The Morgan fingerprint density at radius 1 is 1.26 bits per heavy atom. The second-order valence-electron chi connectivity index (χ2n) is 4.94. The number of hydrogen-bond donors (Lipinski definition) is 0. The van der Waals surface area contributed by atoms with Gasteiger partial charge in [-0.2, -0.15) is 5.10 Å². The van der Waals surface area contributed by atoms with Crippen LogP contribution in [0.5, 0.6) is 0 Å². The topological polar surface area (TPSA) is 38.1 Å². The highest BCUT2D eigenvalue weighted by atomic mass is 16.2. The maximum atomic E-state index is 12.2. The van der Waals surface area contributed by atoms with Crippen LogP contribution < -0.4 is 0 Å². The average Bonchev–Trinajstić information content (AvgIpc) is 3.10. The zero-order valence-electron chi connectivity index (χ0n) is 10.8. The zero-order chi connectivity index (χ0) is 13.1. The quantitative estimate of drug-likeness (QED) is 0.840. The Morgan fingerprint density at radius 2 is 2.11 bits per heavy atom. The summed E-state index contributed by atoms with van der Waals surface area (Å²) in [6.45, 7) is 2.01. The van der Waals surface area contributed by atoms with Crippen LogP contribution in [0, 0.1) is 0 Å². The molecule has 1 saturated heterocycles. The molecule has 1 amide bonds. The summed E-state index contributed by atoms with van der Waals surface area (Å²) in [7, 11) is 0. The van der Waals surface area contributed by atoms with Gasteiger partial charge in [0.05, 0.1) is 0 Å². The predicted molar refractivity (Wildman–Crippen MR) is 72.6 cm³/mol. The molecule has 0 bridgehead atoms. The lowest BCUT2D eigenvalue weighted by atomic mass is 9.99. The molecule has 4 nitrogen and oxygen atoms in total. The summed E-state index contributed by atoms with van der Waals surface area (Å²) in [6, 6.07) is 12.3. The highest BCUT2D eigenvalue weighted by Gasteiger charge is 2.27. The molecule has 1 aliphatic rings. The molecule has 0 saturated carbocycles. The molecular weight excluding hydrogens is 238 g/mol. The van der Waals surface area contributed by atoms with Gasteiger partial charge in [-0.15, -0.1) is 0 Å². The number of aromatic nitrogens is 2. The maximum absolute atomic E-state index is 12.2. The molecule has 1 aromatic carbocycles. The summed E-state index contributed by atoms with van der Waals surface area (Å²) in [6.07, 6.45) is 4.57. The van der Waals surface area contributed by atoms with E-state index in [0.717, 1.165) is 19.5 Å². The van der Waals surface area contributed by atoms with Crippen molar-refractivity contribution in [2.45, 2.75) is 18.9 Å². The molecule has 98 valence electrons. The van der Waals surface area contributed by atoms with Gasteiger partial charge in [0, 0.05) is 31.4 Å². The molecule has 1 aromatic heterocycles. The fourth-order valence-electron chi connectivity index (χ4n) is 2.62. The Bertz CT molecular complexity index is 536. The number of carbonyl (C=O) groups excluding carboxylic acids is 1. The van der Waals surface area contributed by atoms with Crippen LogP contribution in [0.15, 0.2) is 48.8 Å². The second-order valence-corrected chi connectivity index (χ2v) is 4.94. The Kier molecular flexibility index (Phi) is 3.31. The molecule has 4 heteroatoms. The summed E-state index contributed by atoms with van der Waals surface area (Å²) in [5.41, 5.74) is 1.33. The third kappa shape index (κ3) is 2.67. The van der Waals surface area contributed by atoms with Crippen molar-refractivity contribution >= 4 is 5.91 Å². The van der Waals surface area contributed by atoms with Gasteiger partial charge in [-0.3, -0.25) is 9.48 Å². The lowest BCUT2D eigenvalue weighted by Crippen LogP contribution is -2.31. The number of hydrogen-bond acceptors (Lipinski definition) is 2. The highest BCUT2D eigenvalue weighted by molar-refractivity contribution is 5.76. The van der Waals surface area contributed by atoms with E-state index >= 15 is 0 Å². The zero-order valence-corrected chi connectivity index (χ0v) is 10.8. The van der Waals surface area contributed by atoms with Crippen LogP contribution in [0.2, 0.25) is 0 Å². The van der Waals surface area contributed by atoms with E-state index in [1.165, 1.54) is 5.56 Å². The minimum Gasteiger partial charge on any atom is -0.340 e. The van der Waals surface area contributed by atoms with E-state index in [9.17, 15) is 4.79 Å². The van der Waals surface area contributed by atoms with Gasteiger partial charge < -0.3 is 4.90 Å². The lowest BCUT2D eigenvalue weighted by Gasteiger charge is -2.16. The Morgan fingerprint density at radius 3 is 2.84 bits per heavy atom. The Labute approximate surface area is 112 Å². The Balaban J connectivity index is 1.61. The molecule has 0 spiro atoms. The van der Waals surface area contributed by atoms with Crippen LogP contribution in [0.4, 0.5) is 0 Å². The smallest absolute Gasteiger partial charge is 0.244 e. The van der Waals surface area contributed by atoms with Crippen molar-refractivity contribution in [1.29, 1.82) is 0 Å². The normalized spacial score (nSPS) is 18.7. The highest BCUT2D eigenvalue weighted by Crippen LogP contribution is 2.26. The number of likely N-dealkylation sites (tertiary alicyclic amines) is 1. The van der Waals surface area contributed by atoms with Gasteiger partial charge in [0.25, 0.3) is 0 Å². The van der Waals surface area contributed by atoms with Crippen molar-refractivity contribution in [3.63, 3.8) is 0 Å². The summed E-state index contributed by atoms with van der Waals surface area (Å²) in [4.78, 5) is 14.1. The first-order valence-corrected chi connectivity index (χ1v) is 6.63. The monoisotopic (exact) mass is 255 g/mol. The molecule has 3 rings (SSSR count). The molecule has 0 aliphatic carbocycles. The van der Waals surface area contributed by atoms with E-state index in [2.05, 4.69) is 29.4 Å². The molecule has 0 radical (unpaired) electrons. The first kappa shape index (κ1) is 12.0.